The van der Waals surface area contributed by atoms with Gasteiger partial charge in [-0.1, -0.05) is 71.9 Å². The number of aliphatic carboxylic acids is 2. The highest BCUT2D eigenvalue weighted by molar-refractivity contribution is 5.99. The quantitative estimate of drug-likeness (QED) is 0.0357. The van der Waals surface area contributed by atoms with Gasteiger partial charge in [-0.3, -0.25) is 52.7 Å². The van der Waals surface area contributed by atoms with Crippen molar-refractivity contribution in [1.82, 2.24) is 37.2 Å². The Hall–Kier alpha value is -6.69. The van der Waals surface area contributed by atoms with Crippen molar-refractivity contribution in [1.29, 1.82) is 0 Å². The third kappa shape index (κ3) is 22.2. The second-order valence-corrected chi connectivity index (χ2v) is 17.7. The Morgan fingerprint density at radius 3 is 1.44 bits per heavy atom. The van der Waals surface area contributed by atoms with Gasteiger partial charge in [-0.2, -0.15) is 0 Å². The fourth-order valence-electron chi connectivity index (χ4n) is 6.63. The first-order valence-corrected chi connectivity index (χ1v) is 22.2. The monoisotopic (exact) mass is 963 g/mol. The molecule has 24 nitrogen and oxygen atoms in total. The first-order valence-electron chi connectivity index (χ1n) is 22.2. The topological polar surface area (TPSA) is 411 Å². The normalized spacial score (nSPS) is 15.2. The summed E-state index contributed by atoms with van der Waals surface area (Å²) in [5, 5.41) is 45.8. The average Bonchev–Trinajstić information content (AvgIpc) is 3.23. The van der Waals surface area contributed by atoms with E-state index in [1.165, 1.54) is 34.6 Å². The van der Waals surface area contributed by atoms with Gasteiger partial charge in [-0.15, -0.1) is 0 Å². The van der Waals surface area contributed by atoms with Gasteiger partial charge in [-0.05, 0) is 49.5 Å². The van der Waals surface area contributed by atoms with Gasteiger partial charge in [0, 0.05) is 25.3 Å². The van der Waals surface area contributed by atoms with Crippen LogP contribution in [-0.2, 0) is 59.2 Å². The predicted molar refractivity (Wildman–Crippen MR) is 244 cm³/mol. The molecule has 24 heteroatoms. The van der Waals surface area contributed by atoms with Crippen molar-refractivity contribution in [2.45, 2.75) is 154 Å². The summed E-state index contributed by atoms with van der Waals surface area (Å²) in [6, 6.07) is -2.46. The molecule has 0 aliphatic carbocycles. The number of nitrogens with two attached hydrogens (primary N) is 3. The molecule has 0 bridgehead atoms. The molecular weight excluding hydrogens is 893 g/mol. The molecule has 9 amide bonds. The Labute approximate surface area is 394 Å². The summed E-state index contributed by atoms with van der Waals surface area (Å²) in [5.41, 5.74) is 17.6. The molecule has 9 atom stereocenters. The highest BCUT2D eigenvalue weighted by atomic mass is 16.4. The van der Waals surface area contributed by atoms with E-state index in [9.17, 15) is 68.1 Å². The highest BCUT2D eigenvalue weighted by Crippen LogP contribution is 2.12. The second kappa shape index (κ2) is 29.2. The van der Waals surface area contributed by atoms with Crippen molar-refractivity contribution in [3.8, 4) is 0 Å². The Balaban J connectivity index is 3.20. The van der Waals surface area contributed by atoms with Gasteiger partial charge in [0.15, 0.2) is 0 Å². The minimum atomic E-state index is -1.73. The van der Waals surface area contributed by atoms with Crippen LogP contribution in [0.25, 0.3) is 0 Å². The van der Waals surface area contributed by atoms with Gasteiger partial charge in [0.05, 0.1) is 18.9 Å². The number of primary amides is 2. The molecule has 0 spiro atoms. The van der Waals surface area contributed by atoms with Gasteiger partial charge in [0.1, 0.15) is 42.3 Å². The lowest BCUT2D eigenvalue weighted by Gasteiger charge is -2.29. The Morgan fingerprint density at radius 2 is 0.985 bits per heavy atom. The van der Waals surface area contributed by atoms with E-state index in [1.807, 2.05) is 13.8 Å². The van der Waals surface area contributed by atoms with Crippen LogP contribution in [0, 0.1) is 17.8 Å². The van der Waals surface area contributed by atoms with Crippen LogP contribution in [0.1, 0.15) is 99.0 Å². The van der Waals surface area contributed by atoms with E-state index in [1.54, 1.807) is 30.3 Å². The van der Waals surface area contributed by atoms with E-state index < -0.39 is 170 Å². The lowest BCUT2D eigenvalue weighted by atomic mass is 9.97. The molecule has 16 N–H and O–H groups in total. The maximum atomic E-state index is 13.7. The van der Waals surface area contributed by atoms with Crippen LogP contribution in [0.4, 0.5) is 0 Å². The number of carboxylic acids is 2. The summed E-state index contributed by atoms with van der Waals surface area (Å²) in [7, 11) is 0. The molecule has 1 rings (SSSR count). The third-order valence-electron chi connectivity index (χ3n) is 10.4. The molecule has 0 saturated heterocycles. The molecule has 0 saturated carbocycles. The van der Waals surface area contributed by atoms with Crippen LogP contribution in [0.3, 0.4) is 0 Å². The number of amides is 9. The summed E-state index contributed by atoms with van der Waals surface area (Å²) < 4.78 is 0. The van der Waals surface area contributed by atoms with E-state index in [-0.39, 0.29) is 12.3 Å². The van der Waals surface area contributed by atoms with Crippen LogP contribution in [-0.4, -0.2) is 135 Å². The maximum Gasteiger partial charge on any atom is 0.303 e. The lowest BCUT2D eigenvalue weighted by molar-refractivity contribution is -0.139. The number of carbonyl (C=O) groups is 11. The first kappa shape index (κ1) is 59.3. The molecule has 1 aromatic rings. The molecule has 68 heavy (non-hydrogen) atoms. The minimum absolute atomic E-state index is 0.00482. The number of carboxylic acid groups (broad SMARTS) is 2. The standard InChI is InChI=1S/C44H70N10O14/c1-21(2)17-26(45)31(55)20-33(57)49-27(13-15-34(58)59)41(65)53-37(23(5)6)44(68)52-30(19-32(46)56)42(66)54-36(22(3)4)43(67)48-24(7)39(63)50-28(14-16-35(60)61)40(64)51-29(38(47)62)18-25-11-9-8-10-12-25/h8-12,21-24,26-31,36-37,55H,13-20,45H2,1-7H3,(H2,46,56)(H2,47,62)(H,48,67)(H,49,57)(H,50,63)(H,51,64)(H,52,68)(H,53,65)(H,54,66)(H,58,59)(H,60,61)/t24-,26-,27-,28-,29-,30-,31-,36-,37-/m0/s1. The summed E-state index contributed by atoms with van der Waals surface area (Å²) in [4.78, 5) is 141. The fourth-order valence-corrected chi connectivity index (χ4v) is 6.63. The van der Waals surface area contributed by atoms with Crippen molar-refractivity contribution in [3.63, 3.8) is 0 Å². The van der Waals surface area contributed by atoms with Crippen molar-refractivity contribution < 1.29 is 68.1 Å². The number of benzene rings is 1. The number of aliphatic hydroxyl groups excluding tert-OH is 1. The SMILES string of the molecule is CC(C)C[C@H](N)[C@@H](O)CC(=O)N[C@@H](CCC(=O)O)C(=O)N[C@H](C(=O)N[C@@H](CC(N)=O)C(=O)N[C@H](C(=O)N[C@@H](C)C(=O)N[C@@H](CCC(=O)O)C(=O)N[C@@H](Cc1ccccc1)C(N)=O)C(C)C)C(C)C. The molecule has 0 radical (unpaired) electrons. The number of aliphatic hydroxyl groups is 1. The van der Waals surface area contributed by atoms with Gasteiger partial charge in [0.25, 0.3) is 0 Å². The zero-order valence-electron chi connectivity index (χ0n) is 39.5. The van der Waals surface area contributed by atoms with Crippen molar-refractivity contribution in [2.24, 2.45) is 35.0 Å². The van der Waals surface area contributed by atoms with Crippen LogP contribution in [0.2, 0.25) is 0 Å². The fraction of sp³-hybridized carbons (Fsp3) is 0.614. The number of rotatable bonds is 31. The Bertz CT molecular complexity index is 1930. The number of carbonyl (C=O) groups excluding carboxylic acids is 9. The number of hydrogen-bond donors (Lipinski definition) is 13. The molecule has 0 aliphatic heterocycles. The molecule has 0 heterocycles. The van der Waals surface area contributed by atoms with E-state index >= 15 is 0 Å². The van der Waals surface area contributed by atoms with Crippen LogP contribution >= 0.6 is 0 Å². The van der Waals surface area contributed by atoms with Gasteiger partial charge in [0.2, 0.25) is 53.2 Å². The Kier molecular flexibility index (Phi) is 25.4. The zero-order chi connectivity index (χ0) is 52.0. The molecule has 0 fully saturated rings. The van der Waals surface area contributed by atoms with Crippen molar-refractivity contribution in [3.05, 3.63) is 35.9 Å². The van der Waals surface area contributed by atoms with E-state index in [0.29, 0.717) is 12.0 Å². The highest BCUT2D eigenvalue weighted by Gasteiger charge is 2.36. The van der Waals surface area contributed by atoms with Crippen molar-refractivity contribution >= 4 is 65.1 Å². The number of nitrogens with one attached hydrogen (secondary N) is 7. The van der Waals surface area contributed by atoms with Gasteiger partial charge < -0.3 is 69.7 Å². The summed E-state index contributed by atoms with van der Waals surface area (Å²) in [6.45, 7) is 11.1. The molecule has 380 valence electrons. The molecule has 0 aromatic heterocycles. The first-order chi connectivity index (χ1) is 31.6. The third-order valence-corrected chi connectivity index (χ3v) is 10.4. The molecule has 1 aromatic carbocycles. The summed E-state index contributed by atoms with van der Waals surface area (Å²) >= 11 is 0. The molecule has 0 aliphatic rings. The van der Waals surface area contributed by atoms with Crippen LogP contribution < -0.4 is 54.4 Å². The van der Waals surface area contributed by atoms with E-state index in [0.717, 1.165) is 0 Å². The second-order valence-electron chi connectivity index (χ2n) is 17.7. The largest absolute Gasteiger partial charge is 0.481 e. The number of hydrogen-bond acceptors (Lipinski definition) is 13. The van der Waals surface area contributed by atoms with E-state index in [2.05, 4.69) is 37.2 Å². The maximum absolute atomic E-state index is 13.7. The predicted octanol–water partition coefficient (Wildman–Crippen LogP) is -2.83. The Morgan fingerprint density at radius 1 is 0.544 bits per heavy atom. The van der Waals surface area contributed by atoms with E-state index in [4.69, 9.17) is 17.2 Å². The zero-order valence-corrected chi connectivity index (χ0v) is 39.5. The molecule has 0 unspecified atom stereocenters. The van der Waals surface area contributed by atoms with Crippen LogP contribution in [0.15, 0.2) is 30.3 Å². The molecular formula is C44H70N10O14. The summed E-state index contributed by atoms with van der Waals surface area (Å²) in [6.07, 6.45) is -4.15. The summed E-state index contributed by atoms with van der Waals surface area (Å²) in [5.74, 6) is -12.5. The lowest BCUT2D eigenvalue weighted by Crippen LogP contribution is -2.61. The van der Waals surface area contributed by atoms with Gasteiger partial charge in [-0.25, -0.2) is 0 Å². The smallest absolute Gasteiger partial charge is 0.303 e. The van der Waals surface area contributed by atoms with Gasteiger partial charge >= 0.3 is 11.9 Å². The van der Waals surface area contributed by atoms with Crippen LogP contribution in [0.5, 0.6) is 0 Å². The average molecular weight is 963 g/mol. The van der Waals surface area contributed by atoms with Crippen molar-refractivity contribution in [2.75, 3.05) is 0 Å². The minimum Gasteiger partial charge on any atom is -0.481 e.